The lowest BCUT2D eigenvalue weighted by atomic mass is 10.0. The maximum Gasteiger partial charge on any atom is 0.287 e. The van der Waals surface area contributed by atoms with Gasteiger partial charge in [0.15, 0.2) is 5.76 Å². The summed E-state index contributed by atoms with van der Waals surface area (Å²) in [5.41, 5.74) is 6.35. The molecule has 1 unspecified atom stereocenters. The number of furan rings is 1. The normalized spacial score (nSPS) is 12.6. The van der Waals surface area contributed by atoms with E-state index in [4.69, 9.17) is 4.42 Å². The Hall–Kier alpha value is -2.59. The van der Waals surface area contributed by atoms with Gasteiger partial charge in [0.1, 0.15) is 5.58 Å². The average Bonchev–Trinajstić information content (AvgIpc) is 2.93. The largest absolute Gasteiger partial charge is 0.451 e. The molecule has 0 aliphatic rings. The zero-order chi connectivity index (χ0) is 19.7. The third-order valence-electron chi connectivity index (χ3n) is 5.12. The minimum atomic E-state index is -0.167. The number of hydrogen-bond donors (Lipinski definition) is 1. The monoisotopic (exact) mass is 364 g/mol. The van der Waals surface area contributed by atoms with Gasteiger partial charge in [-0.3, -0.25) is 4.79 Å². The van der Waals surface area contributed by atoms with E-state index in [-0.39, 0.29) is 11.9 Å². The molecule has 2 aromatic carbocycles. The van der Waals surface area contributed by atoms with Crippen molar-refractivity contribution in [2.45, 2.75) is 33.7 Å². The minimum Gasteiger partial charge on any atom is -0.451 e. The SMILES string of the molecule is Cc1ccc(C(CNC(=O)c2oc3cc(C)cc(C)c3c2C)N(C)C)cc1. The molecule has 0 saturated carbocycles. The molecule has 1 N–H and O–H groups in total. The van der Waals surface area contributed by atoms with Gasteiger partial charge >= 0.3 is 0 Å². The lowest BCUT2D eigenvalue weighted by Crippen LogP contribution is -2.34. The third kappa shape index (κ3) is 3.91. The van der Waals surface area contributed by atoms with Gasteiger partial charge < -0.3 is 14.6 Å². The zero-order valence-corrected chi connectivity index (χ0v) is 17.0. The minimum absolute atomic E-state index is 0.100. The van der Waals surface area contributed by atoms with Crippen LogP contribution in [-0.2, 0) is 0 Å². The van der Waals surface area contributed by atoms with Crippen molar-refractivity contribution in [2.75, 3.05) is 20.6 Å². The number of nitrogens with one attached hydrogen (secondary N) is 1. The van der Waals surface area contributed by atoms with Crippen LogP contribution in [0, 0.1) is 27.7 Å². The van der Waals surface area contributed by atoms with E-state index < -0.39 is 0 Å². The highest BCUT2D eigenvalue weighted by Crippen LogP contribution is 2.29. The highest BCUT2D eigenvalue weighted by molar-refractivity contribution is 6.00. The number of benzene rings is 2. The molecule has 0 aliphatic carbocycles. The molecule has 0 bridgehead atoms. The second-order valence-electron chi connectivity index (χ2n) is 7.61. The topological polar surface area (TPSA) is 45.5 Å². The Kier molecular flexibility index (Phi) is 5.38. The number of likely N-dealkylation sites (N-methyl/N-ethyl adjacent to an activating group) is 1. The fourth-order valence-electron chi connectivity index (χ4n) is 3.66. The molecule has 27 heavy (non-hydrogen) atoms. The first-order valence-electron chi connectivity index (χ1n) is 9.29. The Morgan fingerprint density at radius 3 is 2.33 bits per heavy atom. The maximum absolute atomic E-state index is 12.8. The summed E-state index contributed by atoms with van der Waals surface area (Å²) in [6.07, 6.45) is 0. The molecule has 3 aromatic rings. The number of carbonyl (C=O) groups is 1. The average molecular weight is 364 g/mol. The summed E-state index contributed by atoms with van der Waals surface area (Å²) in [7, 11) is 4.05. The summed E-state index contributed by atoms with van der Waals surface area (Å²) in [5, 5.41) is 4.09. The molecule has 3 rings (SSSR count). The van der Waals surface area contributed by atoms with Gasteiger partial charge in [0.2, 0.25) is 0 Å². The van der Waals surface area contributed by atoms with Crippen molar-refractivity contribution in [2.24, 2.45) is 0 Å². The summed E-state index contributed by atoms with van der Waals surface area (Å²) in [6, 6.07) is 12.6. The number of aryl methyl sites for hydroxylation is 4. The first kappa shape index (κ1) is 19.2. The van der Waals surface area contributed by atoms with Crippen molar-refractivity contribution in [3.05, 3.63) is 70.0 Å². The molecular weight excluding hydrogens is 336 g/mol. The molecule has 1 aromatic heterocycles. The fraction of sp³-hybridized carbons (Fsp3) is 0.348. The van der Waals surface area contributed by atoms with Gasteiger partial charge in [0.25, 0.3) is 5.91 Å². The number of amides is 1. The van der Waals surface area contributed by atoms with Crippen molar-refractivity contribution in [3.63, 3.8) is 0 Å². The standard InChI is InChI=1S/C23H28N2O2/c1-14-7-9-18(10-8-14)19(25(5)6)13-24-23(26)22-17(4)21-16(3)11-15(2)12-20(21)27-22/h7-12,19H,13H2,1-6H3,(H,24,26). The van der Waals surface area contributed by atoms with Gasteiger partial charge in [-0.2, -0.15) is 0 Å². The van der Waals surface area contributed by atoms with Gasteiger partial charge in [0, 0.05) is 17.5 Å². The van der Waals surface area contributed by atoms with Gasteiger partial charge in [-0.15, -0.1) is 0 Å². The number of carbonyl (C=O) groups excluding carboxylic acids is 1. The van der Waals surface area contributed by atoms with E-state index in [1.165, 1.54) is 11.1 Å². The third-order valence-corrected chi connectivity index (χ3v) is 5.12. The first-order valence-corrected chi connectivity index (χ1v) is 9.29. The van der Waals surface area contributed by atoms with Crippen molar-refractivity contribution < 1.29 is 9.21 Å². The Morgan fingerprint density at radius 2 is 1.70 bits per heavy atom. The van der Waals surface area contributed by atoms with E-state index in [2.05, 4.69) is 54.4 Å². The van der Waals surface area contributed by atoms with Crippen LogP contribution in [0.15, 0.2) is 40.8 Å². The second-order valence-corrected chi connectivity index (χ2v) is 7.61. The van der Waals surface area contributed by atoms with Crippen LogP contribution >= 0.6 is 0 Å². The highest BCUT2D eigenvalue weighted by Gasteiger charge is 2.21. The summed E-state index contributed by atoms with van der Waals surface area (Å²) < 4.78 is 5.91. The molecular formula is C23H28N2O2. The second kappa shape index (κ2) is 7.57. The van der Waals surface area contributed by atoms with Gasteiger partial charge in [0.05, 0.1) is 6.04 Å². The molecule has 0 aliphatic heterocycles. The summed E-state index contributed by atoms with van der Waals surface area (Å²) in [4.78, 5) is 14.9. The smallest absolute Gasteiger partial charge is 0.287 e. The summed E-state index contributed by atoms with van der Waals surface area (Å²) in [5.74, 6) is 0.236. The van der Waals surface area contributed by atoms with Gasteiger partial charge in [-0.1, -0.05) is 35.9 Å². The molecule has 4 nitrogen and oxygen atoms in total. The van der Waals surface area contributed by atoms with Crippen LogP contribution in [0.5, 0.6) is 0 Å². The lowest BCUT2D eigenvalue weighted by Gasteiger charge is -2.25. The van der Waals surface area contributed by atoms with E-state index in [0.29, 0.717) is 12.3 Å². The van der Waals surface area contributed by atoms with E-state index in [0.717, 1.165) is 27.7 Å². The number of hydrogen-bond acceptors (Lipinski definition) is 3. The predicted molar refractivity (Wildman–Crippen MR) is 110 cm³/mol. The Labute approximate surface area is 161 Å². The maximum atomic E-state index is 12.8. The molecule has 1 amide bonds. The zero-order valence-electron chi connectivity index (χ0n) is 17.0. The van der Waals surface area contributed by atoms with Crippen molar-refractivity contribution >= 4 is 16.9 Å². The van der Waals surface area contributed by atoms with Crippen LogP contribution in [0.25, 0.3) is 11.0 Å². The Bertz CT molecular complexity index is 968. The summed E-state index contributed by atoms with van der Waals surface area (Å²) in [6.45, 7) is 8.63. The van der Waals surface area contributed by atoms with Crippen LogP contribution in [0.3, 0.4) is 0 Å². The summed E-state index contributed by atoms with van der Waals surface area (Å²) >= 11 is 0. The fourth-order valence-corrected chi connectivity index (χ4v) is 3.66. The van der Waals surface area contributed by atoms with Crippen LogP contribution in [0.4, 0.5) is 0 Å². The number of rotatable bonds is 5. The lowest BCUT2D eigenvalue weighted by molar-refractivity contribution is 0.0915. The van der Waals surface area contributed by atoms with E-state index in [9.17, 15) is 4.79 Å². The van der Waals surface area contributed by atoms with Gasteiger partial charge in [-0.05, 0) is 64.5 Å². The molecule has 4 heteroatoms. The first-order chi connectivity index (χ1) is 12.8. The van der Waals surface area contributed by atoms with Crippen LogP contribution in [0.2, 0.25) is 0 Å². The van der Waals surface area contributed by atoms with Gasteiger partial charge in [-0.25, -0.2) is 0 Å². The van der Waals surface area contributed by atoms with E-state index in [1.54, 1.807) is 0 Å². The molecule has 0 saturated heterocycles. The molecule has 1 heterocycles. The van der Waals surface area contributed by atoms with Crippen molar-refractivity contribution in [3.8, 4) is 0 Å². The van der Waals surface area contributed by atoms with E-state index >= 15 is 0 Å². The molecule has 0 fully saturated rings. The highest BCUT2D eigenvalue weighted by atomic mass is 16.3. The van der Waals surface area contributed by atoms with Crippen LogP contribution in [-0.4, -0.2) is 31.4 Å². The van der Waals surface area contributed by atoms with E-state index in [1.807, 2.05) is 34.0 Å². The molecule has 142 valence electrons. The van der Waals surface area contributed by atoms with Crippen molar-refractivity contribution in [1.82, 2.24) is 10.2 Å². The molecule has 1 atom stereocenters. The van der Waals surface area contributed by atoms with Crippen LogP contribution < -0.4 is 5.32 Å². The van der Waals surface area contributed by atoms with Crippen molar-refractivity contribution in [1.29, 1.82) is 0 Å². The molecule has 0 spiro atoms. The number of fused-ring (bicyclic) bond motifs is 1. The Balaban J connectivity index is 1.82. The quantitative estimate of drug-likeness (QED) is 0.714. The number of nitrogens with zero attached hydrogens (tertiary/aromatic N) is 1. The Morgan fingerprint density at radius 1 is 1.04 bits per heavy atom. The predicted octanol–water partition coefficient (Wildman–Crippen LogP) is 4.70. The molecule has 0 radical (unpaired) electrons. The van der Waals surface area contributed by atoms with Crippen LogP contribution in [0.1, 0.15) is 44.4 Å².